The summed E-state index contributed by atoms with van der Waals surface area (Å²) in [6.45, 7) is 5.61. The van der Waals surface area contributed by atoms with E-state index in [1.54, 1.807) is 24.3 Å². The molecule has 100 valence electrons. The monoisotopic (exact) mass is 252 g/mol. The molecule has 0 aliphatic heterocycles. The van der Waals surface area contributed by atoms with Gasteiger partial charge in [-0.2, -0.15) is 0 Å². The molecule has 18 heavy (non-hydrogen) atoms. The van der Waals surface area contributed by atoms with Crippen LogP contribution in [0.25, 0.3) is 0 Å². The highest BCUT2D eigenvalue weighted by atomic mass is 16.7. The van der Waals surface area contributed by atoms with E-state index in [9.17, 15) is 4.79 Å². The number of nitrogens with one attached hydrogen (secondary N) is 1. The molecule has 0 fully saturated rings. The first kappa shape index (κ1) is 14.5. The average molecular weight is 252 g/mol. The quantitative estimate of drug-likeness (QED) is 0.689. The summed E-state index contributed by atoms with van der Waals surface area (Å²) in [6, 6.07) is 6.96. The predicted molar refractivity (Wildman–Crippen MR) is 70.5 cm³/mol. The smallest absolute Gasteiger partial charge is 0.248 e. The summed E-state index contributed by atoms with van der Waals surface area (Å²) in [7, 11) is 0. The van der Waals surface area contributed by atoms with Gasteiger partial charge in [0.1, 0.15) is 0 Å². The van der Waals surface area contributed by atoms with E-state index in [0.29, 0.717) is 25.3 Å². The van der Waals surface area contributed by atoms with Gasteiger partial charge in [-0.1, -0.05) is 0 Å². The zero-order valence-corrected chi connectivity index (χ0v) is 10.8. The molecule has 1 aromatic rings. The molecule has 0 saturated heterocycles. The summed E-state index contributed by atoms with van der Waals surface area (Å²) >= 11 is 0. The highest BCUT2D eigenvalue weighted by molar-refractivity contribution is 5.93. The number of rotatable bonds is 8. The summed E-state index contributed by atoms with van der Waals surface area (Å²) in [5.41, 5.74) is 6.55. The fourth-order valence-corrected chi connectivity index (χ4v) is 1.49. The number of amides is 1. The van der Waals surface area contributed by atoms with Gasteiger partial charge < -0.3 is 20.5 Å². The van der Waals surface area contributed by atoms with Crippen LogP contribution in [0.5, 0.6) is 0 Å². The second-order valence-electron chi connectivity index (χ2n) is 3.66. The molecule has 0 aromatic heterocycles. The summed E-state index contributed by atoms with van der Waals surface area (Å²) in [5, 5.41) is 3.18. The van der Waals surface area contributed by atoms with E-state index in [4.69, 9.17) is 15.2 Å². The number of hydrogen-bond acceptors (Lipinski definition) is 4. The lowest BCUT2D eigenvalue weighted by atomic mass is 10.2. The Morgan fingerprint density at radius 1 is 1.22 bits per heavy atom. The second kappa shape index (κ2) is 7.68. The van der Waals surface area contributed by atoms with Crippen molar-refractivity contribution in [3.8, 4) is 0 Å². The van der Waals surface area contributed by atoms with Gasteiger partial charge in [0.15, 0.2) is 6.29 Å². The van der Waals surface area contributed by atoms with E-state index >= 15 is 0 Å². The lowest BCUT2D eigenvalue weighted by molar-refractivity contribution is -0.126. The van der Waals surface area contributed by atoms with Crippen molar-refractivity contribution in [2.45, 2.75) is 20.1 Å². The maximum Gasteiger partial charge on any atom is 0.248 e. The number of primary amides is 1. The van der Waals surface area contributed by atoms with Crippen LogP contribution in [0.3, 0.4) is 0 Å². The first-order chi connectivity index (χ1) is 8.67. The Hall–Kier alpha value is -1.59. The Morgan fingerprint density at radius 3 is 2.22 bits per heavy atom. The van der Waals surface area contributed by atoms with Gasteiger partial charge in [0.2, 0.25) is 5.91 Å². The predicted octanol–water partition coefficient (Wildman–Crippen LogP) is 1.60. The number of nitrogens with two attached hydrogens (primary N) is 1. The van der Waals surface area contributed by atoms with Crippen LogP contribution < -0.4 is 11.1 Å². The third-order valence-corrected chi connectivity index (χ3v) is 2.35. The topological polar surface area (TPSA) is 73.6 Å². The van der Waals surface area contributed by atoms with Crippen LogP contribution in [-0.4, -0.2) is 32.0 Å². The summed E-state index contributed by atoms with van der Waals surface area (Å²) in [4.78, 5) is 10.9. The van der Waals surface area contributed by atoms with Crippen molar-refractivity contribution in [3.05, 3.63) is 29.8 Å². The van der Waals surface area contributed by atoms with Gasteiger partial charge in [-0.15, -0.1) is 0 Å². The molecule has 5 nitrogen and oxygen atoms in total. The third-order valence-electron chi connectivity index (χ3n) is 2.35. The first-order valence-corrected chi connectivity index (χ1v) is 6.04. The second-order valence-corrected chi connectivity index (χ2v) is 3.66. The van der Waals surface area contributed by atoms with Crippen molar-refractivity contribution >= 4 is 11.6 Å². The van der Waals surface area contributed by atoms with E-state index in [-0.39, 0.29) is 6.29 Å². The van der Waals surface area contributed by atoms with Crippen molar-refractivity contribution in [1.29, 1.82) is 0 Å². The lowest BCUT2D eigenvalue weighted by Crippen LogP contribution is -2.26. The van der Waals surface area contributed by atoms with Crippen LogP contribution in [0.4, 0.5) is 5.69 Å². The maximum absolute atomic E-state index is 10.9. The Kier molecular flexibility index (Phi) is 6.18. The summed E-state index contributed by atoms with van der Waals surface area (Å²) in [5.74, 6) is -0.428. The van der Waals surface area contributed by atoms with Crippen molar-refractivity contribution in [2.24, 2.45) is 5.73 Å². The Balaban J connectivity index is 2.48. The van der Waals surface area contributed by atoms with E-state index in [0.717, 1.165) is 5.69 Å². The highest BCUT2D eigenvalue weighted by Gasteiger charge is 2.07. The molecule has 0 bridgehead atoms. The molecule has 0 aliphatic carbocycles. The van der Waals surface area contributed by atoms with Crippen LogP contribution in [0.1, 0.15) is 24.2 Å². The molecule has 0 atom stereocenters. The molecule has 0 saturated carbocycles. The molecular weight excluding hydrogens is 232 g/mol. The number of carbonyl (C=O) groups excluding carboxylic acids is 1. The van der Waals surface area contributed by atoms with Gasteiger partial charge in [-0.25, -0.2) is 0 Å². The minimum absolute atomic E-state index is 0.268. The lowest BCUT2D eigenvalue weighted by Gasteiger charge is -2.18. The Bertz CT molecular complexity index is 359. The average Bonchev–Trinajstić information content (AvgIpc) is 2.37. The molecule has 1 aromatic carbocycles. The SMILES string of the molecule is CCOC(CNc1ccc(C(N)=O)cc1)OCC. The Labute approximate surface area is 107 Å². The summed E-state index contributed by atoms with van der Waals surface area (Å²) in [6.07, 6.45) is -0.268. The third kappa shape index (κ3) is 4.73. The van der Waals surface area contributed by atoms with E-state index in [1.807, 2.05) is 13.8 Å². The summed E-state index contributed by atoms with van der Waals surface area (Å²) < 4.78 is 10.8. The minimum Gasteiger partial charge on any atom is -0.380 e. The van der Waals surface area contributed by atoms with Crippen LogP contribution in [0.2, 0.25) is 0 Å². The zero-order valence-electron chi connectivity index (χ0n) is 10.8. The number of hydrogen-bond donors (Lipinski definition) is 2. The molecule has 0 radical (unpaired) electrons. The van der Waals surface area contributed by atoms with Crippen LogP contribution in [-0.2, 0) is 9.47 Å². The zero-order chi connectivity index (χ0) is 13.4. The van der Waals surface area contributed by atoms with Crippen LogP contribution in [0, 0.1) is 0 Å². The number of carbonyl (C=O) groups is 1. The molecule has 0 heterocycles. The van der Waals surface area contributed by atoms with Crippen molar-refractivity contribution in [1.82, 2.24) is 0 Å². The molecule has 1 rings (SSSR count). The highest BCUT2D eigenvalue weighted by Crippen LogP contribution is 2.09. The van der Waals surface area contributed by atoms with Crippen LogP contribution in [0.15, 0.2) is 24.3 Å². The Morgan fingerprint density at radius 2 is 1.78 bits per heavy atom. The number of benzene rings is 1. The maximum atomic E-state index is 10.9. The fraction of sp³-hybridized carbons (Fsp3) is 0.462. The molecule has 0 unspecified atom stereocenters. The molecule has 0 aliphatic rings. The molecule has 3 N–H and O–H groups in total. The van der Waals surface area contributed by atoms with Crippen molar-refractivity contribution in [2.75, 3.05) is 25.1 Å². The largest absolute Gasteiger partial charge is 0.380 e. The number of ether oxygens (including phenoxy) is 2. The number of anilines is 1. The molecule has 1 amide bonds. The van der Waals surface area contributed by atoms with Gasteiger partial charge in [-0.3, -0.25) is 4.79 Å². The van der Waals surface area contributed by atoms with Crippen molar-refractivity contribution in [3.63, 3.8) is 0 Å². The molecule has 0 spiro atoms. The van der Waals surface area contributed by atoms with E-state index in [1.165, 1.54) is 0 Å². The van der Waals surface area contributed by atoms with E-state index < -0.39 is 5.91 Å². The van der Waals surface area contributed by atoms with E-state index in [2.05, 4.69) is 5.32 Å². The van der Waals surface area contributed by atoms with Gasteiger partial charge in [0.25, 0.3) is 0 Å². The van der Waals surface area contributed by atoms with Gasteiger partial charge in [0.05, 0.1) is 6.54 Å². The molecule has 5 heteroatoms. The fourth-order valence-electron chi connectivity index (χ4n) is 1.49. The van der Waals surface area contributed by atoms with Gasteiger partial charge in [0, 0.05) is 24.5 Å². The minimum atomic E-state index is -0.428. The van der Waals surface area contributed by atoms with Gasteiger partial charge in [-0.05, 0) is 38.1 Å². The van der Waals surface area contributed by atoms with Gasteiger partial charge >= 0.3 is 0 Å². The first-order valence-electron chi connectivity index (χ1n) is 6.04. The molecular formula is C13H20N2O3. The van der Waals surface area contributed by atoms with Crippen molar-refractivity contribution < 1.29 is 14.3 Å². The normalized spacial score (nSPS) is 10.6. The van der Waals surface area contributed by atoms with Crippen LogP contribution >= 0.6 is 0 Å². The standard InChI is InChI=1S/C13H20N2O3/c1-3-17-12(18-4-2)9-15-11-7-5-10(6-8-11)13(14)16/h5-8,12,15H,3-4,9H2,1-2H3,(H2,14,16).